The Morgan fingerprint density at radius 2 is 0.789 bits per heavy atom. The van der Waals surface area contributed by atoms with Crippen LogP contribution < -0.4 is 0 Å². The normalized spacial score (nSPS) is 14.0. The summed E-state index contributed by atoms with van der Waals surface area (Å²) in [6.45, 7) is 0.357. The van der Waals surface area contributed by atoms with Gasteiger partial charge < -0.3 is 39.8 Å². The van der Waals surface area contributed by atoms with Crippen molar-refractivity contribution in [3.05, 3.63) is 0 Å². The predicted octanol–water partition coefficient (Wildman–Crippen LogP) is 2.84. The van der Waals surface area contributed by atoms with Gasteiger partial charge in [0.25, 0.3) is 0 Å². The first kappa shape index (κ1) is 38.2. The molecule has 0 aromatic carbocycles. The van der Waals surface area contributed by atoms with Gasteiger partial charge in [0.1, 0.15) is 0 Å². The Kier molecular flexibility index (Phi) is 18.0. The average molecular weight is 624 g/mol. The Bertz CT molecular complexity index is 647. The van der Waals surface area contributed by atoms with E-state index in [1.807, 2.05) is 0 Å². The van der Waals surface area contributed by atoms with E-state index >= 15 is 0 Å². The number of sulfonamides is 1. The van der Waals surface area contributed by atoms with Crippen molar-refractivity contribution in [2.24, 2.45) is 5.41 Å². The van der Waals surface area contributed by atoms with Gasteiger partial charge in [-0.2, -0.15) is 0 Å². The molecule has 0 radical (unpaired) electrons. The largest absolute Gasteiger partial charge is 0.500 e. The first-order valence-corrected chi connectivity index (χ1v) is 20.3. The highest BCUT2D eigenvalue weighted by molar-refractivity contribution is 7.88. The molecule has 16 heteroatoms. The van der Waals surface area contributed by atoms with E-state index in [1.54, 1.807) is 71.0 Å². The first-order valence-electron chi connectivity index (χ1n) is 12.7. The predicted molar refractivity (Wildman–Crippen MR) is 152 cm³/mol. The van der Waals surface area contributed by atoms with Crippen LogP contribution in [0, 0.1) is 5.41 Å². The van der Waals surface area contributed by atoms with E-state index in [-0.39, 0.29) is 5.41 Å². The molecule has 0 atom stereocenters. The van der Waals surface area contributed by atoms with Gasteiger partial charge in [-0.3, -0.25) is 0 Å². The Balaban J connectivity index is 6.14. The minimum Gasteiger partial charge on any atom is -0.377 e. The van der Waals surface area contributed by atoms with Gasteiger partial charge in [-0.05, 0) is 43.9 Å². The summed E-state index contributed by atoms with van der Waals surface area (Å²) in [5, 5.41) is 0. The molecule has 12 nitrogen and oxygen atoms in total. The Labute approximate surface area is 234 Å². The van der Waals surface area contributed by atoms with Gasteiger partial charge in [0.15, 0.2) is 0 Å². The van der Waals surface area contributed by atoms with Crippen molar-refractivity contribution in [2.45, 2.75) is 56.7 Å². The maximum atomic E-state index is 12.5. The smallest absolute Gasteiger partial charge is 0.377 e. The number of hydrogen-bond acceptors (Lipinski definition) is 11. The van der Waals surface area contributed by atoms with Crippen molar-refractivity contribution in [1.82, 2.24) is 4.31 Å². The molecule has 0 unspecified atom stereocenters. The summed E-state index contributed by atoms with van der Waals surface area (Å²) in [5.41, 5.74) is -0.363. The molecule has 0 aliphatic carbocycles. The third kappa shape index (κ3) is 11.6. The molecule has 0 aliphatic heterocycles. The Hall–Kier alpha value is 0.201. The number of rotatable bonds is 24. The highest BCUT2D eigenvalue weighted by Gasteiger charge is 2.43. The summed E-state index contributed by atoms with van der Waals surface area (Å²) in [5.74, 6) is 0. The van der Waals surface area contributed by atoms with Crippen molar-refractivity contribution in [1.29, 1.82) is 0 Å². The van der Waals surface area contributed by atoms with E-state index in [2.05, 4.69) is 0 Å². The summed E-state index contributed by atoms with van der Waals surface area (Å²) >= 11 is 0. The molecule has 0 heterocycles. The quantitative estimate of drug-likeness (QED) is 0.148. The van der Waals surface area contributed by atoms with Crippen molar-refractivity contribution in [2.75, 3.05) is 83.8 Å². The summed E-state index contributed by atoms with van der Waals surface area (Å²) in [4.78, 5) is 0. The molecule has 0 aliphatic rings. The molecule has 0 bridgehead atoms. The van der Waals surface area contributed by atoms with Gasteiger partial charge in [-0.15, -0.1) is 0 Å². The summed E-state index contributed by atoms with van der Waals surface area (Å²) in [6.07, 6.45) is 5.66. The van der Waals surface area contributed by atoms with Gasteiger partial charge >= 0.3 is 26.4 Å². The molecule has 0 fully saturated rings. The molecule has 0 N–H and O–H groups in total. The van der Waals surface area contributed by atoms with Crippen LogP contribution in [0.2, 0.25) is 18.1 Å². The highest BCUT2D eigenvalue weighted by Crippen LogP contribution is 2.40. The fourth-order valence-electron chi connectivity index (χ4n) is 4.91. The molecule has 0 aromatic heterocycles. The van der Waals surface area contributed by atoms with Crippen LogP contribution in [0.25, 0.3) is 0 Å². The SMILES string of the molecule is CO[Si](CCCC(CCC[Si](OC)(OC)OC)(CCC[Si](OC)(OC)OC)CN(C)S(C)(=O)=O)(OC)OC. The molecule has 0 spiro atoms. The van der Waals surface area contributed by atoms with E-state index in [0.29, 0.717) is 24.7 Å². The maximum absolute atomic E-state index is 12.5. The van der Waals surface area contributed by atoms with Gasteiger partial charge in [-0.25, -0.2) is 12.7 Å². The van der Waals surface area contributed by atoms with Crippen LogP contribution in [-0.2, 0) is 49.9 Å². The standard InChI is InChI=1S/C22H53NO11SSi3/c1-23(35(11,24)25)21-22(15-12-18-36(26-2,27-3)28-4,16-13-19-37(29-5,30-6)31-7)17-14-20-38(32-8,33-9)34-10/h12-21H2,1-11H3. The van der Waals surface area contributed by atoms with Crippen molar-refractivity contribution in [3.63, 3.8) is 0 Å². The van der Waals surface area contributed by atoms with Crippen molar-refractivity contribution in [3.8, 4) is 0 Å². The average Bonchev–Trinajstić information content (AvgIpc) is 2.92. The highest BCUT2D eigenvalue weighted by atomic mass is 32.2. The third-order valence-electron chi connectivity index (χ3n) is 7.49. The van der Waals surface area contributed by atoms with Gasteiger partial charge in [0.05, 0.1) is 6.26 Å². The topological polar surface area (TPSA) is 120 Å². The lowest BCUT2D eigenvalue weighted by atomic mass is 9.75. The monoisotopic (exact) mass is 623 g/mol. The van der Waals surface area contributed by atoms with Gasteiger partial charge in [-0.1, -0.05) is 0 Å². The lowest BCUT2D eigenvalue weighted by Crippen LogP contribution is -2.45. The van der Waals surface area contributed by atoms with E-state index < -0.39 is 36.4 Å². The van der Waals surface area contributed by atoms with Gasteiger partial charge in [0.2, 0.25) is 10.0 Å². The van der Waals surface area contributed by atoms with E-state index in [0.717, 1.165) is 38.5 Å². The molecule has 0 amide bonds. The van der Waals surface area contributed by atoms with Gasteiger partial charge in [0, 0.05) is 95.7 Å². The van der Waals surface area contributed by atoms with Crippen LogP contribution in [0.4, 0.5) is 0 Å². The first-order chi connectivity index (χ1) is 17.8. The van der Waals surface area contributed by atoms with Crippen LogP contribution in [0.1, 0.15) is 38.5 Å². The molecule has 0 saturated carbocycles. The van der Waals surface area contributed by atoms with Crippen LogP contribution in [0.15, 0.2) is 0 Å². The summed E-state index contributed by atoms with van der Waals surface area (Å²) < 4.78 is 77.0. The van der Waals surface area contributed by atoms with Crippen molar-refractivity contribution >= 4 is 36.4 Å². The minimum atomic E-state index is -3.40. The van der Waals surface area contributed by atoms with Crippen LogP contribution >= 0.6 is 0 Å². The zero-order valence-corrected chi connectivity index (χ0v) is 29.2. The molecule has 38 heavy (non-hydrogen) atoms. The second-order valence-corrected chi connectivity index (χ2v) is 20.8. The lowest BCUT2D eigenvalue weighted by molar-refractivity contribution is 0.109. The van der Waals surface area contributed by atoms with E-state index in [1.165, 1.54) is 10.6 Å². The Morgan fingerprint density at radius 3 is 0.974 bits per heavy atom. The summed E-state index contributed by atoms with van der Waals surface area (Å²) in [7, 11) is 4.22. The fraction of sp³-hybridized carbons (Fsp3) is 1.00. The second-order valence-electron chi connectivity index (χ2n) is 9.47. The summed E-state index contributed by atoms with van der Waals surface area (Å²) in [6, 6.07) is 1.84. The zero-order valence-electron chi connectivity index (χ0n) is 25.4. The molecule has 230 valence electrons. The zero-order chi connectivity index (χ0) is 29.5. The van der Waals surface area contributed by atoms with Crippen LogP contribution in [0.3, 0.4) is 0 Å². The minimum absolute atomic E-state index is 0.357. The number of nitrogens with zero attached hydrogens (tertiary/aromatic N) is 1. The van der Waals surface area contributed by atoms with Crippen LogP contribution in [0.5, 0.6) is 0 Å². The van der Waals surface area contributed by atoms with Crippen LogP contribution in [-0.4, -0.2) is 123 Å². The van der Waals surface area contributed by atoms with Crippen molar-refractivity contribution < 1.29 is 48.3 Å². The fourth-order valence-corrected chi connectivity index (χ4v) is 10.6. The van der Waals surface area contributed by atoms with E-state index in [4.69, 9.17) is 39.8 Å². The molecular formula is C22H53NO11SSi3. The molecular weight excluding hydrogens is 571 g/mol. The lowest BCUT2D eigenvalue weighted by Gasteiger charge is -2.39. The second kappa shape index (κ2) is 17.9. The molecule has 0 aromatic rings. The van der Waals surface area contributed by atoms with E-state index in [9.17, 15) is 8.42 Å². The maximum Gasteiger partial charge on any atom is 0.500 e. The Morgan fingerprint density at radius 1 is 0.553 bits per heavy atom. The third-order valence-corrected chi connectivity index (χ3v) is 17.3. The molecule has 0 saturated heterocycles. The molecule has 0 rings (SSSR count). The number of hydrogen-bond donors (Lipinski definition) is 0.